The normalized spacial score (nSPS) is 13.7. The van der Waals surface area contributed by atoms with Crippen molar-refractivity contribution in [3.63, 3.8) is 0 Å². The molecule has 1 aliphatic carbocycles. The molecule has 0 aromatic carbocycles. The molecule has 0 aliphatic heterocycles. The first-order chi connectivity index (χ1) is 13.3. The van der Waals surface area contributed by atoms with E-state index in [0.717, 1.165) is 25.7 Å². The zero-order chi connectivity index (χ0) is 21.8. The molecule has 6 nitrogen and oxygen atoms in total. The van der Waals surface area contributed by atoms with Gasteiger partial charge in [-0.15, -0.1) is 0 Å². The summed E-state index contributed by atoms with van der Waals surface area (Å²) in [6.45, 7) is 10.4. The molecular formula is C22H44N2O4. The minimum atomic E-state index is 0.0284. The number of rotatable bonds is 10. The highest BCUT2D eigenvalue weighted by Crippen LogP contribution is 2.16. The van der Waals surface area contributed by atoms with Gasteiger partial charge in [0.15, 0.2) is 0 Å². The van der Waals surface area contributed by atoms with Gasteiger partial charge in [0.25, 0.3) is 0 Å². The predicted molar refractivity (Wildman–Crippen MR) is 115 cm³/mol. The fraction of sp³-hybridized carbons (Fsp3) is 0.864. The average Bonchev–Trinajstić information content (AvgIpc) is 2.67. The third-order valence-electron chi connectivity index (χ3n) is 4.39. The van der Waals surface area contributed by atoms with Crippen LogP contribution in [0.5, 0.6) is 0 Å². The zero-order valence-corrected chi connectivity index (χ0v) is 19.0. The molecule has 0 saturated heterocycles. The summed E-state index contributed by atoms with van der Waals surface area (Å²) in [5.41, 5.74) is 0. The van der Waals surface area contributed by atoms with Gasteiger partial charge in [-0.25, -0.2) is 0 Å². The van der Waals surface area contributed by atoms with E-state index in [4.69, 9.17) is 4.74 Å². The van der Waals surface area contributed by atoms with Crippen LogP contribution in [0.4, 0.5) is 0 Å². The van der Waals surface area contributed by atoms with Gasteiger partial charge >= 0.3 is 0 Å². The molecule has 2 N–H and O–H groups in total. The second-order valence-electron chi connectivity index (χ2n) is 7.69. The maximum atomic E-state index is 10.9. The maximum Gasteiger partial charge on any atom is 0.222 e. The molecule has 0 radical (unpaired) electrons. The Morgan fingerprint density at radius 2 is 1.68 bits per heavy atom. The standard InChI is InChI=1S/C8H16O.C7H15NO2.C7H13NO/c1-4-5-6-8(9)7(2)3;1-6(2)10-5-4-7(9)8-3;9-6-8-7-4-2-1-3-5-7/h7H,4-6H2,1-3H3;6H,4-5H2,1-3H3,(H,8,9);6-7H,1-5H2,(H,8,9). The average molecular weight is 401 g/mol. The van der Waals surface area contributed by atoms with Crippen LogP contribution in [0.1, 0.15) is 92.4 Å². The van der Waals surface area contributed by atoms with Gasteiger partial charge < -0.3 is 15.4 Å². The molecule has 0 atom stereocenters. The third kappa shape index (κ3) is 20.9. The van der Waals surface area contributed by atoms with E-state index in [2.05, 4.69) is 17.6 Å². The Morgan fingerprint density at radius 1 is 1.07 bits per heavy atom. The quantitative estimate of drug-likeness (QED) is 0.543. The molecule has 6 heteroatoms. The van der Waals surface area contributed by atoms with Crippen molar-refractivity contribution < 1.29 is 19.1 Å². The largest absolute Gasteiger partial charge is 0.378 e. The SMILES string of the molecule is CCCCC(=O)C(C)C.CNC(=O)CCOC(C)C.O=CNC1CCCCC1. The van der Waals surface area contributed by atoms with Gasteiger partial charge in [-0.05, 0) is 33.1 Å². The highest BCUT2D eigenvalue weighted by Gasteiger charge is 2.10. The van der Waals surface area contributed by atoms with Crippen molar-refractivity contribution in [1.29, 1.82) is 0 Å². The van der Waals surface area contributed by atoms with Gasteiger partial charge in [-0.2, -0.15) is 0 Å². The van der Waals surface area contributed by atoms with E-state index in [-0.39, 0.29) is 17.9 Å². The summed E-state index contributed by atoms with van der Waals surface area (Å²) in [7, 11) is 1.62. The second kappa shape index (κ2) is 20.3. The molecular weight excluding hydrogens is 356 g/mol. The summed E-state index contributed by atoms with van der Waals surface area (Å²) in [5, 5.41) is 5.32. The van der Waals surface area contributed by atoms with E-state index < -0.39 is 0 Å². The maximum absolute atomic E-state index is 10.9. The number of amides is 2. The van der Waals surface area contributed by atoms with Crippen LogP contribution in [0.3, 0.4) is 0 Å². The van der Waals surface area contributed by atoms with Gasteiger partial charge in [-0.3, -0.25) is 14.4 Å². The summed E-state index contributed by atoms with van der Waals surface area (Å²) in [5.74, 6) is 0.661. The molecule has 2 amide bonds. The lowest BCUT2D eigenvalue weighted by molar-refractivity contribution is -0.122. The minimum Gasteiger partial charge on any atom is -0.378 e. The van der Waals surface area contributed by atoms with E-state index in [9.17, 15) is 14.4 Å². The van der Waals surface area contributed by atoms with Crippen molar-refractivity contribution in [3.05, 3.63) is 0 Å². The smallest absolute Gasteiger partial charge is 0.222 e. The number of carbonyl (C=O) groups excluding carboxylic acids is 3. The van der Waals surface area contributed by atoms with Crippen molar-refractivity contribution in [3.8, 4) is 0 Å². The highest BCUT2D eigenvalue weighted by molar-refractivity contribution is 5.80. The first-order valence-corrected chi connectivity index (χ1v) is 10.8. The predicted octanol–water partition coefficient (Wildman–Crippen LogP) is 4.01. The number of carbonyl (C=O) groups is 3. The molecule has 0 heterocycles. The van der Waals surface area contributed by atoms with Gasteiger partial charge in [0.1, 0.15) is 5.78 Å². The van der Waals surface area contributed by atoms with E-state index in [1.807, 2.05) is 27.7 Å². The van der Waals surface area contributed by atoms with Gasteiger partial charge in [0.05, 0.1) is 12.7 Å². The van der Waals surface area contributed by atoms with Crippen LogP contribution < -0.4 is 10.6 Å². The summed E-state index contributed by atoms with van der Waals surface area (Å²) in [4.78, 5) is 31.5. The van der Waals surface area contributed by atoms with Crippen LogP contribution >= 0.6 is 0 Å². The van der Waals surface area contributed by atoms with E-state index in [1.54, 1.807) is 7.05 Å². The molecule has 1 rings (SSSR count). The van der Waals surface area contributed by atoms with Crippen LogP contribution in [0.15, 0.2) is 0 Å². The summed E-state index contributed by atoms with van der Waals surface area (Å²) in [6, 6.07) is 0.483. The Kier molecular flexibility index (Phi) is 20.9. The molecule has 28 heavy (non-hydrogen) atoms. The Labute approximate surface area is 172 Å². The van der Waals surface area contributed by atoms with E-state index >= 15 is 0 Å². The number of hydrogen-bond acceptors (Lipinski definition) is 4. The highest BCUT2D eigenvalue weighted by atomic mass is 16.5. The van der Waals surface area contributed by atoms with Crippen LogP contribution in [0.2, 0.25) is 0 Å². The van der Waals surface area contributed by atoms with Gasteiger partial charge in [-0.1, -0.05) is 46.5 Å². The number of ether oxygens (including phenoxy) is 1. The Balaban J connectivity index is 0. The lowest BCUT2D eigenvalue weighted by atomic mass is 9.96. The molecule has 166 valence electrons. The number of Topliss-reactive ketones (excluding diaryl/α,β-unsaturated/α-hetero) is 1. The molecule has 1 fully saturated rings. The van der Waals surface area contributed by atoms with Crippen molar-refractivity contribution >= 4 is 18.1 Å². The van der Waals surface area contributed by atoms with Crippen LogP contribution in [0.25, 0.3) is 0 Å². The molecule has 0 unspecified atom stereocenters. The lowest BCUT2D eigenvalue weighted by Gasteiger charge is -2.19. The molecule has 1 aliphatic rings. The number of hydrogen-bond donors (Lipinski definition) is 2. The molecule has 0 bridgehead atoms. The molecule has 0 spiro atoms. The van der Waals surface area contributed by atoms with Crippen molar-refractivity contribution in [2.45, 2.75) is 105 Å². The third-order valence-corrected chi connectivity index (χ3v) is 4.39. The van der Waals surface area contributed by atoms with Gasteiger partial charge in [0, 0.05) is 31.8 Å². The number of unbranched alkanes of at least 4 members (excludes halogenated alkanes) is 1. The minimum absolute atomic E-state index is 0.0284. The Hall–Kier alpha value is -1.43. The lowest BCUT2D eigenvalue weighted by Crippen LogP contribution is -2.29. The van der Waals surface area contributed by atoms with Crippen LogP contribution in [-0.2, 0) is 19.1 Å². The van der Waals surface area contributed by atoms with Crippen molar-refractivity contribution in [2.24, 2.45) is 5.92 Å². The Bertz CT molecular complexity index is 392. The molecule has 1 saturated carbocycles. The number of nitrogens with one attached hydrogen (secondary N) is 2. The summed E-state index contributed by atoms with van der Waals surface area (Å²) in [6.07, 6.45) is 10.7. The fourth-order valence-corrected chi connectivity index (χ4v) is 2.52. The van der Waals surface area contributed by atoms with Gasteiger partial charge in [0.2, 0.25) is 12.3 Å². The van der Waals surface area contributed by atoms with E-state index in [0.29, 0.717) is 24.9 Å². The van der Waals surface area contributed by atoms with Crippen LogP contribution in [0, 0.1) is 5.92 Å². The summed E-state index contributed by atoms with van der Waals surface area (Å²) >= 11 is 0. The number of ketones is 1. The van der Waals surface area contributed by atoms with E-state index in [1.165, 1.54) is 32.1 Å². The van der Waals surface area contributed by atoms with Crippen LogP contribution in [-0.4, -0.2) is 43.9 Å². The molecule has 0 aromatic rings. The fourth-order valence-electron chi connectivity index (χ4n) is 2.52. The first kappa shape index (κ1) is 28.8. The Morgan fingerprint density at radius 3 is 2.11 bits per heavy atom. The zero-order valence-electron chi connectivity index (χ0n) is 19.0. The first-order valence-electron chi connectivity index (χ1n) is 10.8. The van der Waals surface area contributed by atoms with Crippen molar-refractivity contribution in [2.75, 3.05) is 13.7 Å². The molecule has 0 aromatic heterocycles. The topological polar surface area (TPSA) is 84.5 Å². The monoisotopic (exact) mass is 400 g/mol. The van der Waals surface area contributed by atoms with Crippen molar-refractivity contribution in [1.82, 2.24) is 10.6 Å². The summed E-state index contributed by atoms with van der Waals surface area (Å²) < 4.78 is 5.15. The second-order valence-corrected chi connectivity index (χ2v) is 7.69.